The van der Waals surface area contributed by atoms with Gasteiger partial charge in [-0.1, -0.05) is 38.6 Å². The average molecular weight is 850 g/mol. The van der Waals surface area contributed by atoms with E-state index in [0.717, 1.165) is 29.0 Å². The number of carbonyl (C=O) groups is 3. The first kappa shape index (κ1) is 45.7. The van der Waals surface area contributed by atoms with Crippen molar-refractivity contribution in [1.82, 2.24) is 30.2 Å². The van der Waals surface area contributed by atoms with Gasteiger partial charge in [0.2, 0.25) is 16.9 Å². The van der Waals surface area contributed by atoms with E-state index in [1.54, 1.807) is 6.08 Å². The number of phosphoric acid groups is 3. The number of nitrogens with two attached hydrogens (primary N) is 1. The molecule has 0 bridgehead atoms. The summed E-state index contributed by atoms with van der Waals surface area (Å²) in [6.45, 7) is 2.37. The Hall–Kier alpha value is -2.70. The molecule has 0 aliphatic carbocycles. The molecular formula is C26H42N7O17P3S. The van der Waals surface area contributed by atoms with Crippen LogP contribution in [-0.2, 0) is 50.7 Å². The summed E-state index contributed by atoms with van der Waals surface area (Å²) in [6, 6.07) is 0. The van der Waals surface area contributed by atoms with E-state index < -0.39 is 84.6 Å². The lowest BCUT2D eigenvalue weighted by Crippen LogP contribution is -2.46. The highest BCUT2D eigenvalue weighted by atomic mass is 32.2. The predicted molar refractivity (Wildman–Crippen MR) is 187 cm³/mol. The van der Waals surface area contributed by atoms with Crippen LogP contribution < -0.4 is 16.4 Å². The molecule has 0 spiro atoms. The van der Waals surface area contributed by atoms with Gasteiger partial charge >= 0.3 is 23.5 Å². The molecule has 10 N–H and O–H groups in total. The highest BCUT2D eigenvalue weighted by molar-refractivity contribution is 8.14. The zero-order valence-electron chi connectivity index (χ0n) is 28.9. The van der Waals surface area contributed by atoms with Crippen LogP contribution in [0.1, 0.15) is 39.8 Å². The Balaban J connectivity index is 1.51. The number of rotatable bonds is 21. The van der Waals surface area contributed by atoms with Crippen molar-refractivity contribution in [1.29, 1.82) is 0 Å². The average Bonchev–Trinajstić information content (AvgIpc) is 3.63. The molecule has 1 aliphatic heterocycles. The lowest BCUT2D eigenvalue weighted by molar-refractivity contribution is -0.137. The molecule has 0 radical (unpaired) electrons. The highest BCUT2D eigenvalue weighted by Crippen LogP contribution is 2.61. The first-order valence-electron chi connectivity index (χ1n) is 15.8. The molecule has 0 saturated carbocycles. The van der Waals surface area contributed by atoms with E-state index in [9.17, 15) is 57.9 Å². The molecular weight excluding hydrogens is 807 g/mol. The number of aliphatic hydroxyl groups excluding tert-OH is 2. The van der Waals surface area contributed by atoms with Gasteiger partial charge in [0.15, 0.2) is 17.7 Å². The van der Waals surface area contributed by atoms with Crippen LogP contribution in [-0.4, -0.2) is 123 Å². The normalized spacial score (nSPS) is 22.2. The van der Waals surface area contributed by atoms with E-state index in [0.29, 0.717) is 12.2 Å². The van der Waals surface area contributed by atoms with Crippen molar-refractivity contribution in [2.75, 3.05) is 37.8 Å². The Kier molecular flexibility index (Phi) is 16.4. The number of anilines is 1. The summed E-state index contributed by atoms with van der Waals surface area (Å²) in [6.07, 6.45) is -3.04. The molecule has 7 atom stereocenters. The van der Waals surface area contributed by atoms with Gasteiger partial charge in [-0.2, -0.15) is 4.31 Å². The molecule has 304 valence electrons. The van der Waals surface area contributed by atoms with Gasteiger partial charge in [0.1, 0.15) is 36.3 Å². The number of imidazole rings is 1. The van der Waals surface area contributed by atoms with Crippen LogP contribution in [0.3, 0.4) is 0 Å². The smallest absolute Gasteiger partial charge is 0.386 e. The molecule has 3 rings (SSSR count). The maximum atomic E-state index is 12.6. The van der Waals surface area contributed by atoms with E-state index >= 15 is 0 Å². The minimum absolute atomic E-state index is 0.0303. The number of hydrogen-bond donors (Lipinski definition) is 9. The number of nitrogens with one attached hydrogen (secondary N) is 2. The van der Waals surface area contributed by atoms with Crippen LogP contribution in [0.15, 0.2) is 24.8 Å². The number of aromatic nitrogens is 4. The van der Waals surface area contributed by atoms with Gasteiger partial charge in [-0.3, -0.25) is 32.5 Å². The van der Waals surface area contributed by atoms with Crippen molar-refractivity contribution < 1.29 is 80.5 Å². The number of fused-ring (bicyclic) bond motifs is 1. The molecule has 1 aliphatic rings. The molecule has 1 saturated heterocycles. The van der Waals surface area contributed by atoms with Crippen LogP contribution in [0.2, 0.25) is 0 Å². The molecule has 0 aromatic carbocycles. The molecule has 7 unspecified atom stereocenters. The molecule has 1 fully saturated rings. The van der Waals surface area contributed by atoms with Gasteiger partial charge < -0.3 is 50.9 Å². The van der Waals surface area contributed by atoms with Gasteiger partial charge in [-0.25, -0.2) is 28.6 Å². The van der Waals surface area contributed by atoms with Crippen molar-refractivity contribution >= 4 is 69.1 Å². The summed E-state index contributed by atoms with van der Waals surface area (Å²) < 4.78 is 62.0. The lowest BCUT2D eigenvalue weighted by atomic mass is 9.87. The number of ether oxygens (including phenoxy) is 1. The highest BCUT2D eigenvalue weighted by Gasteiger charge is 2.50. The van der Waals surface area contributed by atoms with Crippen molar-refractivity contribution in [2.45, 2.75) is 64.3 Å². The fourth-order valence-corrected chi connectivity index (χ4v) is 7.97. The number of hydrogen-bond acceptors (Lipinski definition) is 18. The maximum absolute atomic E-state index is 12.6. The number of amides is 2. The third-order valence-corrected chi connectivity index (χ3v) is 11.2. The minimum atomic E-state index is -5.57. The van der Waals surface area contributed by atoms with Crippen molar-refractivity contribution in [3.63, 3.8) is 0 Å². The number of thioether (sulfide) groups is 1. The van der Waals surface area contributed by atoms with Crippen molar-refractivity contribution in [3.8, 4) is 0 Å². The van der Waals surface area contributed by atoms with E-state index in [4.69, 9.17) is 19.5 Å². The van der Waals surface area contributed by atoms with Crippen molar-refractivity contribution in [2.24, 2.45) is 5.41 Å². The van der Waals surface area contributed by atoms with Crippen LogP contribution in [0, 0.1) is 5.41 Å². The Morgan fingerprint density at radius 1 is 1.09 bits per heavy atom. The first-order valence-corrected chi connectivity index (χ1v) is 21.3. The summed E-state index contributed by atoms with van der Waals surface area (Å²) in [4.78, 5) is 86.9. The largest absolute Gasteiger partial charge is 0.481 e. The van der Waals surface area contributed by atoms with Gasteiger partial charge in [0.25, 0.3) is 0 Å². The second-order valence-corrected chi connectivity index (χ2v) is 17.4. The number of allylic oxidation sites excluding steroid dienone is 1. The third kappa shape index (κ3) is 13.8. The van der Waals surface area contributed by atoms with Gasteiger partial charge in [-0.15, -0.1) is 0 Å². The number of nitrogen functional groups attached to an aromatic ring is 1. The zero-order valence-corrected chi connectivity index (χ0v) is 32.4. The molecule has 28 heteroatoms. The second-order valence-electron chi connectivity index (χ2n) is 12.0. The fraction of sp³-hybridized carbons (Fsp3) is 0.615. The van der Waals surface area contributed by atoms with E-state index in [2.05, 4.69) is 34.4 Å². The molecule has 2 aromatic rings. The number of carbonyl (C=O) groups excluding carboxylic acids is 3. The predicted octanol–water partition coefficient (Wildman–Crippen LogP) is -0.369. The lowest BCUT2D eigenvalue weighted by Gasteiger charge is -2.30. The Morgan fingerprint density at radius 2 is 1.78 bits per heavy atom. The Labute approximate surface area is 311 Å². The summed E-state index contributed by atoms with van der Waals surface area (Å²) in [5.41, 5.74) is 4.26. The molecule has 24 nitrogen and oxygen atoms in total. The SMILES string of the molecule is CCC=CC(=O)SCCNC(=O)CCNC(=O)C(O)C(C)(C)COP(=O)(O)OP(=O)(O)OCC1OC(n2cnc3c(N)ncnc32)C(O)C1OP(=O)(O)O. The molecule has 54 heavy (non-hydrogen) atoms. The number of aliphatic hydroxyl groups is 2. The number of nitrogens with zero attached hydrogens (tertiary/aromatic N) is 4. The van der Waals surface area contributed by atoms with E-state index in [1.807, 2.05) is 6.92 Å². The molecule has 2 amide bonds. The van der Waals surface area contributed by atoms with E-state index in [1.165, 1.54) is 19.9 Å². The van der Waals surface area contributed by atoms with Crippen LogP contribution in [0.5, 0.6) is 0 Å². The van der Waals surface area contributed by atoms with Gasteiger partial charge in [0.05, 0.1) is 19.5 Å². The van der Waals surface area contributed by atoms with Crippen LogP contribution >= 0.6 is 35.2 Å². The molecule has 2 aromatic heterocycles. The fourth-order valence-electron chi connectivity index (χ4n) is 4.54. The third-order valence-electron chi connectivity index (χ3n) is 7.24. The summed E-state index contributed by atoms with van der Waals surface area (Å²) in [5.74, 6) is -1.13. The quantitative estimate of drug-likeness (QED) is 0.0439. The standard InChI is InChI=1S/C26H42N7O17P3S/c1-4-5-6-17(35)54-10-9-28-16(34)7-8-29-24(38)21(37)26(2,3)12-47-53(44,45)50-52(42,43)46-11-15-20(49-51(39,40)41)19(36)25(48-15)33-14-32-18-22(27)30-13-31-23(18)33/h5-6,13-15,19-21,25,36-37H,4,7-12H2,1-3H3,(H,28,34)(H,29,38)(H,42,43)(H,44,45)(H2,27,30,31)(H2,39,40,41). The molecule has 3 heterocycles. The summed E-state index contributed by atoms with van der Waals surface area (Å²) in [7, 11) is -16.4. The topological polar surface area (TPSA) is 364 Å². The summed E-state index contributed by atoms with van der Waals surface area (Å²) in [5, 5.41) is 26.1. The summed E-state index contributed by atoms with van der Waals surface area (Å²) >= 11 is 1.02. The minimum Gasteiger partial charge on any atom is -0.386 e. The zero-order chi connectivity index (χ0) is 40.5. The van der Waals surface area contributed by atoms with Crippen molar-refractivity contribution in [3.05, 3.63) is 24.8 Å². The number of phosphoric ester groups is 3. The Morgan fingerprint density at radius 3 is 2.44 bits per heavy atom. The van der Waals surface area contributed by atoms with Gasteiger partial charge in [-0.05, 0) is 12.5 Å². The maximum Gasteiger partial charge on any atom is 0.481 e. The van der Waals surface area contributed by atoms with Crippen LogP contribution in [0.25, 0.3) is 11.2 Å². The first-order chi connectivity index (χ1) is 25.1. The van der Waals surface area contributed by atoms with Crippen LogP contribution in [0.4, 0.5) is 5.82 Å². The second kappa shape index (κ2) is 19.4. The monoisotopic (exact) mass is 849 g/mol. The Bertz CT molecular complexity index is 1810. The van der Waals surface area contributed by atoms with E-state index in [-0.39, 0.29) is 41.6 Å². The van der Waals surface area contributed by atoms with Gasteiger partial charge in [0, 0.05) is 30.7 Å².